The van der Waals surface area contributed by atoms with Crippen LogP contribution in [0.3, 0.4) is 0 Å². The Kier molecular flexibility index (Phi) is 4.52. The maximum atomic E-state index is 11.7. The molecule has 2 aliphatic rings. The van der Waals surface area contributed by atoms with Gasteiger partial charge in [-0.3, -0.25) is 4.79 Å². The van der Waals surface area contributed by atoms with Crippen LogP contribution in [-0.2, 0) is 4.79 Å². The van der Waals surface area contributed by atoms with Gasteiger partial charge < -0.3 is 20.5 Å². The highest BCUT2D eigenvalue weighted by atomic mass is 16.5. The van der Waals surface area contributed by atoms with E-state index in [0.717, 1.165) is 23.4 Å². The number of methoxy groups -OCH3 is 1. The fourth-order valence-corrected chi connectivity index (χ4v) is 4.18. The maximum absolute atomic E-state index is 11.7. The van der Waals surface area contributed by atoms with E-state index in [9.17, 15) is 9.90 Å². The van der Waals surface area contributed by atoms with Crippen molar-refractivity contribution in [2.75, 3.05) is 17.7 Å². The van der Waals surface area contributed by atoms with Crippen molar-refractivity contribution in [1.82, 2.24) is 0 Å². The Balaban J connectivity index is 1.72. The second-order valence-corrected chi connectivity index (χ2v) is 7.08. The topological polar surface area (TPSA) is 70.6 Å². The minimum absolute atomic E-state index is 0.0105. The summed E-state index contributed by atoms with van der Waals surface area (Å²) in [5.41, 5.74) is 3.89. The number of allylic oxidation sites excluding steroid dienone is 2. The molecule has 140 valence electrons. The molecular formula is C22H24N2O3. The fourth-order valence-electron chi connectivity index (χ4n) is 4.18. The van der Waals surface area contributed by atoms with Gasteiger partial charge in [0.05, 0.1) is 13.2 Å². The van der Waals surface area contributed by atoms with Gasteiger partial charge in [-0.25, -0.2) is 0 Å². The minimum Gasteiger partial charge on any atom is -0.504 e. The summed E-state index contributed by atoms with van der Waals surface area (Å²) in [4.78, 5) is 11.7. The van der Waals surface area contributed by atoms with E-state index in [-0.39, 0.29) is 23.6 Å². The highest BCUT2D eigenvalue weighted by molar-refractivity contribution is 5.91. The third kappa shape index (κ3) is 3.03. The molecule has 1 aliphatic carbocycles. The molecule has 0 spiro atoms. The van der Waals surface area contributed by atoms with Crippen LogP contribution in [0.25, 0.3) is 0 Å². The molecule has 2 aromatic rings. The van der Waals surface area contributed by atoms with Gasteiger partial charge in [0.15, 0.2) is 11.5 Å². The number of hydrogen-bond donors (Lipinski definition) is 3. The van der Waals surface area contributed by atoms with E-state index in [0.29, 0.717) is 18.1 Å². The molecule has 0 bridgehead atoms. The number of anilines is 2. The molecule has 0 radical (unpaired) electrons. The van der Waals surface area contributed by atoms with Gasteiger partial charge in [-0.05, 0) is 42.2 Å². The number of rotatable bonds is 4. The Morgan fingerprint density at radius 1 is 1.30 bits per heavy atom. The van der Waals surface area contributed by atoms with E-state index >= 15 is 0 Å². The zero-order valence-corrected chi connectivity index (χ0v) is 15.5. The van der Waals surface area contributed by atoms with Gasteiger partial charge in [-0.2, -0.15) is 0 Å². The van der Waals surface area contributed by atoms with E-state index in [2.05, 4.69) is 28.9 Å². The quantitative estimate of drug-likeness (QED) is 0.695. The molecule has 3 unspecified atom stereocenters. The second kappa shape index (κ2) is 6.99. The molecular weight excluding hydrogens is 340 g/mol. The Bertz CT molecular complexity index is 906. The summed E-state index contributed by atoms with van der Waals surface area (Å²) in [5, 5.41) is 17.2. The molecule has 1 amide bonds. The maximum Gasteiger partial charge on any atom is 0.224 e. The van der Waals surface area contributed by atoms with Gasteiger partial charge in [0.25, 0.3) is 0 Å². The number of benzene rings is 2. The number of phenols is 1. The first-order chi connectivity index (χ1) is 13.1. The lowest BCUT2D eigenvalue weighted by Gasteiger charge is -2.38. The van der Waals surface area contributed by atoms with Crippen molar-refractivity contribution < 1.29 is 14.6 Å². The number of para-hydroxylation sites is 1. The molecule has 4 rings (SSSR count). The second-order valence-electron chi connectivity index (χ2n) is 7.08. The van der Waals surface area contributed by atoms with Gasteiger partial charge in [0, 0.05) is 29.3 Å². The van der Waals surface area contributed by atoms with E-state index in [1.54, 1.807) is 13.2 Å². The Hall–Kier alpha value is -2.95. The van der Waals surface area contributed by atoms with Crippen molar-refractivity contribution in [2.24, 2.45) is 5.92 Å². The first kappa shape index (κ1) is 17.5. The van der Waals surface area contributed by atoms with Crippen molar-refractivity contribution in [3.63, 3.8) is 0 Å². The average molecular weight is 364 g/mol. The van der Waals surface area contributed by atoms with Crippen LogP contribution in [0, 0.1) is 5.92 Å². The summed E-state index contributed by atoms with van der Waals surface area (Å²) in [6.45, 7) is 1.84. The number of carbonyl (C=O) groups excluding carboxylic acids is 1. The molecule has 5 nitrogen and oxygen atoms in total. The third-order valence-electron chi connectivity index (χ3n) is 5.55. The van der Waals surface area contributed by atoms with Crippen molar-refractivity contribution in [3.8, 4) is 11.5 Å². The fraction of sp³-hybridized carbons (Fsp3) is 0.318. The summed E-state index contributed by atoms with van der Waals surface area (Å²) in [5.74, 6) is 1.23. The molecule has 27 heavy (non-hydrogen) atoms. The van der Waals surface area contributed by atoms with Gasteiger partial charge in [0.2, 0.25) is 5.91 Å². The van der Waals surface area contributed by atoms with Crippen LogP contribution in [0.4, 0.5) is 11.4 Å². The largest absolute Gasteiger partial charge is 0.504 e. The Morgan fingerprint density at radius 3 is 2.93 bits per heavy atom. The molecule has 3 atom stereocenters. The number of nitrogens with one attached hydrogen (secondary N) is 2. The molecule has 3 N–H and O–H groups in total. The van der Waals surface area contributed by atoms with Crippen LogP contribution in [-0.4, -0.2) is 18.1 Å². The van der Waals surface area contributed by atoms with Crippen LogP contribution in [0.15, 0.2) is 48.6 Å². The number of fused-ring (bicyclic) bond motifs is 3. The lowest BCUT2D eigenvalue weighted by Crippen LogP contribution is -2.29. The van der Waals surface area contributed by atoms with Crippen molar-refractivity contribution >= 4 is 17.3 Å². The number of aromatic hydroxyl groups is 1. The number of amides is 1. The Labute approximate surface area is 159 Å². The molecule has 0 saturated carbocycles. The lowest BCUT2D eigenvalue weighted by atomic mass is 9.76. The number of ether oxygens (including phenoxy) is 1. The third-order valence-corrected chi connectivity index (χ3v) is 5.55. The van der Waals surface area contributed by atoms with E-state index in [4.69, 9.17) is 4.74 Å². The van der Waals surface area contributed by atoms with Crippen molar-refractivity contribution in [3.05, 3.63) is 59.7 Å². The number of phenolic OH excluding ortho intramolecular Hbond substituents is 1. The van der Waals surface area contributed by atoms with Gasteiger partial charge in [0.1, 0.15) is 0 Å². The zero-order valence-electron chi connectivity index (χ0n) is 15.5. The summed E-state index contributed by atoms with van der Waals surface area (Å²) in [7, 11) is 1.56. The predicted octanol–water partition coefficient (Wildman–Crippen LogP) is 4.58. The predicted molar refractivity (Wildman–Crippen MR) is 106 cm³/mol. The lowest BCUT2D eigenvalue weighted by molar-refractivity contribution is -0.115. The van der Waals surface area contributed by atoms with Crippen LogP contribution >= 0.6 is 0 Å². The van der Waals surface area contributed by atoms with E-state index in [1.807, 2.05) is 31.2 Å². The smallest absolute Gasteiger partial charge is 0.224 e. The molecule has 1 aliphatic heterocycles. The monoisotopic (exact) mass is 364 g/mol. The Morgan fingerprint density at radius 2 is 2.15 bits per heavy atom. The van der Waals surface area contributed by atoms with Gasteiger partial charge in [-0.15, -0.1) is 0 Å². The SMILES string of the molecule is CCC(=O)Nc1ccc2c(c1)C1C=CCC1C(c1cccc(OC)c1O)N2. The van der Waals surface area contributed by atoms with Gasteiger partial charge >= 0.3 is 0 Å². The summed E-state index contributed by atoms with van der Waals surface area (Å²) in [6, 6.07) is 11.6. The van der Waals surface area contributed by atoms with Crippen molar-refractivity contribution in [2.45, 2.75) is 31.7 Å². The normalized spacial score (nSPS) is 22.5. The van der Waals surface area contributed by atoms with Crippen LogP contribution in [0.1, 0.15) is 42.9 Å². The standard InChI is InChI=1S/C22H24N2O3/c1-3-20(25)23-13-10-11-18-17(12-13)14-6-4-7-15(14)21(24-18)16-8-5-9-19(27-2)22(16)26/h4-6,8-12,14-15,21,24,26H,3,7H2,1-2H3,(H,23,25). The molecule has 1 heterocycles. The first-order valence-corrected chi connectivity index (χ1v) is 9.35. The van der Waals surface area contributed by atoms with Gasteiger partial charge in [-0.1, -0.05) is 31.2 Å². The molecule has 0 fully saturated rings. The summed E-state index contributed by atoms with van der Waals surface area (Å²) < 4.78 is 5.29. The molecule has 0 aromatic heterocycles. The minimum atomic E-state index is -0.0105. The van der Waals surface area contributed by atoms with Crippen molar-refractivity contribution in [1.29, 1.82) is 0 Å². The summed E-state index contributed by atoms with van der Waals surface area (Å²) in [6.07, 6.45) is 5.83. The zero-order chi connectivity index (χ0) is 19.0. The average Bonchev–Trinajstić information content (AvgIpc) is 3.18. The highest BCUT2D eigenvalue weighted by Gasteiger charge is 2.39. The number of hydrogen-bond acceptors (Lipinski definition) is 4. The van der Waals surface area contributed by atoms with Crippen LogP contribution in [0.5, 0.6) is 11.5 Å². The summed E-state index contributed by atoms with van der Waals surface area (Å²) >= 11 is 0. The molecule has 5 heteroatoms. The van der Waals surface area contributed by atoms with E-state index < -0.39 is 0 Å². The number of carbonyl (C=O) groups is 1. The molecule has 0 saturated heterocycles. The van der Waals surface area contributed by atoms with Crippen LogP contribution in [0.2, 0.25) is 0 Å². The van der Waals surface area contributed by atoms with Crippen LogP contribution < -0.4 is 15.4 Å². The van der Waals surface area contributed by atoms with E-state index in [1.165, 1.54) is 5.56 Å². The highest BCUT2D eigenvalue weighted by Crippen LogP contribution is 2.52. The first-order valence-electron chi connectivity index (χ1n) is 9.35. The molecule has 2 aromatic carbocycles.